The lowest BCUT2D eigenvalue weighted by atomic mass is 9.85. The van der Waals surface area contributed by atoms with Gasteiger partial charge in [-0.05, 0) is 31.3 Å². The van der Waals surface area contributed by atoms with Crippen LogP contribution >= 0.6 is 0 Å². The van der Waals surface area contributed by atoms with Gasteiger partial charge in [-0.1, -0.05) is 6.42 Å². The fourth-order valence-electron chi connectivity index (χ4n) is 2.32. The van der Waals surface area contributed by atoms with Crippen molar-refractivity contribution in [2.24, 2.45) is 11.0 Å². The molecular weight excluding hydrogens is 136 g/mol. The molecule has 0 aromatic heterocycles. The van der Waals surface area contributed by atoms with Crippen LogP contribution in [0, 0.1) is 5.92 Å². The summed E-state index contributed by atoms with van der Waals surface area (Å²) in [7, 11) is 0. The van der Waals surface area contributed by atoms with Crippen molar-refractivity contribution in [3.8, 4) is 0 Å². The van der Waals surface area contributed by atoms with E-state index >= 15 is 0 Å². The van der Waals surface area contributed by atoms with E-state index in [1.54, 1.807) is 0 Å². The van der Waals surface area contributed by atoms with Gasteiger partial charge in [0.05, 0.1) is 0 Å². The second-order valence-corrected chi connectivity index (χ2v) is 3.81. The van der Waals surface area contributed by atoms with E-state index < -0.39 is 0 Å². The van der Waals surface area contributed by atoms with Gasteiger partial charge in [-0.2, -0.15) is 0 Å². The maximum absolute atomic E-state index is 4.65. The summed E-state index contributed by atoms with van der Waals surface area (Å²) in [6.45, 7) is 4.53. The van der Waals surface area contributed by atoms with Crippen LogP contribution in [0.15, 0.2) is 5.11 Å². The molecule has 1 aliphatic carbocycles. The van der Waals surface area contributed by atoms with Gasteiger partial charge in [-0.3, -0.25) is 0 Å². The zero-order valence-corrected chi connectivity index (χ0v) is 7.29. The first-order valence-electron chi connectivity index (χ1n) is 4.84. The largest absolute Gasteiger partial charge is 0.171 e. The Balaban J connectivity index is 2.09. The number of hydrogen-bond donors (Lipinski definition) is 0. The van der Waals surface area contributed by atoms with Crippen molar-refractivity contribution in [1.82, 2.24) is 0 Å². The van der Waals surface area contributed by atoms with Crippen LogP contribution in [0.25, 0.3) is 0 Å². The Hall–Kier alpha value is -0.400. The molecule has 2 rings (SSSR count). The predicted octanol–water partition coefficient (Wildman–Crippen LogP) is 2.04. The van der Waals surface area contributed by atoms with Gasteiger partial charge in [0.25, 0.3) is 0 Å². The molecule has 0 amide bonds. The van der Waals surface area contributed by atoms with Crippen molar-refractivity contribution < 1.29 is 4.70 Å². The number of azo groups is 2. The second kappa shape index (κ2) is 2.92. The third kappa shape index (κ3) is 1.44. The minimum Gasteiger partial charge on any atom is -0.127 e. The Bertz CT molecular complexity index is 174. The van der Waals surface area contributed by atoms with Crippen LogP contribution in [0.3, 0.4) is 0 Å². The fourth-order valence-corrected chi connectivity index (χ4v) is 2.32. The molecular formula is C9H17N2+. The SMILES string of the molecule is CC[N+]1=N[C@@H]2CCC[C@H](C2)C1. The first-order valence-corrected chi connectivity index (χ1v) is 4.84. The maximum Gasteiger partial charge on any atom is 0.171 e. The highest BCUT2D eigenvalue weighted by Crippen LogP contribution is 2.29. The molecule has 2 aliphatic rings. The molecule has 1 heterocycles. The van der Waals surface area contributed by atoms with E-state index in [4.69, 9.17) is 0 Å². The average molecular weight is 153 g/mol. The first-order chi connectivity index (χ1) is 5.38. The van der Waals surface area contributed by atoms with Crippen molar-refractivity contribution in [1.29, 1.82) is 0 Å². The summed E-state index contributed by atoms with van der Waals surface area (Å²) in [5, 5.41) is 4.65. The number of rotatable bonds is 1. The zero-order chi connectivity index (χ0) is 7.68. The molecule has 0 spiro atoms. The fraction of sp³-hybridized carbons (Fsp3) is 1.00. The zero-order valence-electron chi connectivity index (χ0n) is 7.29. The standard InChI is InChI=1S/C9H17N2/c1-2-11-7-8-4-3-5-9(6-8)10-11/h8-9H,2-7H2,1H3/q+1/t8-,9-/m1/s1. The lowest BCUT2D eigenvalue weighted by molar-refractivity contribution is -0.609. The van der Waals surface area contributed by atoms with Gasteiger partial charge in [0.1, 0.15) is 6.04 Å². The predicted molar refractivity (Wildman–Crippen MR) is 43.8 cm³/mol. The number of hydrogen-bond acceptors (Lipinski definition) is 1. The lowest BCUT2D eigenvalue weighted by Crippen LogP contribution is -2.33. The highest BCUT2D eigenvalue weighted by molar-refractivity contribution is 4.77. The van der Waals surface area contributed by atoms with E-state index in [9.17, 15) is 0 Å². The van der Waals surface area contributed by atoms with Crippen molar-refractivity contribution >= 4 is 0 Å². The number of nitrogens with zero attached hydrogens (tertiary/aromatic N) is 2. The van der Waals surface area contributed by atoms with Crippen molar-refractivity contribution in [2.45, 2.75) is 38.6 Å². The van der Waals surface area contributed by atoms with Gasteiger partial charge in [-0.25, -0.2) is 0 Å². The van der Waals surface area contributed by atoms with Crippen LogP contribution in [-0.4, -0.2) is 23.8 Å². The third-order valence-electron chi connectivity index (χ3n) is 2.92. The molecule has 2 atom stereocenters. The summed E-state index contributed by atoms with van der Waals surface area (Å²) in [5.41, 5.74) is 0. The molecule has 0 aromatic rings. The maximum atomic E-state index is 4.65. The molecule has 62 valence electrons. The Labute approximate surface area is 68.3 Å². The Kier molecular flexibility index (Phi) is 1.93. The summed E-state index contributed by atoms with van der Waals surface area (Å²) in [5.74, 6) is 0.964. The van der Waals surface area contributed by atoms with Crippen molar-refractivity contribution in [3.05, 3.63) is 0 Å². The highest BCUT2D eigenvalue weighted by Gasteiger charge is 2.31. The van der Waals surface area contributed by atoms with Gasteiger partial charge in [-0.15, -0.1) is 4.70 Å². The van der Waals surface area contributed by atoms with E-state index in [2.05, 4.69) is 16.7 Å². The van der Waals surface area contributed by atoms with Gasteiger partial charge in [0, 0.05) is 5.92 Å². The molecule has 2 heteroatoms. The van der Waals surface area contributed by atoms with E-state index in [0.29, 0.717) is 6.04 Å². The molecule has 0 unspecified atom stereocenters. The summed E-state index contributed by atoms with van der Waals surface area (Å²) in [4.78, 5) is 0. The summed E-state index contributed by atoms with van der Waals surface area (Å²) in [6.07, 6.45) is 5.57. The Morgan fingerprint density at radius 3 is 3.09 bits per heavy atom. The molecule has 1 saturated carbocycles. The summed E-state index contributed by atoms with van der Waals surface area (Å²) >= 11 is 0. The van der Waals surface area contributed by atoms with Gasteiger partial charge < -0.3 is 0 Å². The van der Waals surface area contributed by atoms with Crippen LogP contribution in [0.2, 0.25) is 0 Å². The van der Waals surface area contributed by atoms with E-state index in [1.807, 2.05) is 0 Å². The molecule has 1 aliphatic heterocycles. The molecule has 2 nitrogen and oxygen atoms in total. The smallest absolute Gasteiger partial charge is 0.127 e. The van der Waals surface area contributed by atoms with Crippen LogP contribution in [0.5, 0.6) is 0 Å². The molecule has 0 radical (unpaired) electrons. The van der Waals surface area contributed by atoms with Gasteiger partial charge >= 0.3 is 0 Å². The van der Waals surface area contributed by atoms with Crippen molar-refractivity contribution in [3.63, 3.8) is 0 Å². The second-order valence-electron chi connectivity index (χ2n) is 3.81. The lowest BCUT2D eigenvalue weighted by Gasteiger charge is -2.27. The highest BCUT2D eigenvalue weighted by atomic mass is 15.3. The normalized spacial score (nSPS) is 36.6. The molecule has 0 aromatic carbocycles. The Morgan fingerprint density at radius 1 is 1.45 bits per heavy atom. The van der Waals surface area contributed by atoms with Crippen LogP contribution in [0.1, 0.15) is 32.6 Å². The topological polar surface area (TPSA) is 15.4 Å². The van der Waals surface area contributed by atoms with Gasteiger partial charge in [0.15, 0.2) is 13.1 Å². The van der Waals surface area contributed by atoms with Crippen molar-refractivity contribution in [2.75, 3.05) is 13.1 Å². The molecule has 0 saturated heterocycles. The van der Waals surface area contributed by atoms with Crippen LogP contribution in [0.4, 0.5) is 0 Å². The minimum absolute atomic E-state index is 0.683. The van der Waals surface area contributed by atoms with E-state index in [0.717, 1.165) is 12.5 Å². The summed E-state index contributed by atoms with van der Waals surface area (Å²) in [6, 6.07) is 0.683. The van der Waals surface area contributed by atoms with Gasteiger partial charge in [0.2, 0.25) is 0 Å². The quantitative estimate of drug-likeness (QED) is 0.512. The molecule has 1 fully saturated rings. The Morgan fingerprint density at radius 2 is 2.36 bits per heavy atom. The monoisotopic (exact) mass is 153 g/mol. The van der Waals surface area contributed by atoms with Crippen LogP contribution < -0.4 is 0 Å². The molecule has 11 heavy (non-hydrogen) atoms. The summed E-state index contributed by atoms with van der Waals surface area (Å²) < 4.78 is 2.26. The molecule has 0 N–H and O–H groups in total. The number of fused-ring (bicyclic) bond motifs is 2. The van der Waals surface area contributed by atoms with E-state index in [-0.39, 0.29) is 0 Å². The third-order valence-corrected chi connectivity index (χ3v) is 2.92. The average Bonchev–Trinajstić information content (AvgIpc) is 2.03. The first kappa shape index (κ1) is 7.26. The van der Waals surface area contributed by atoms with E-state index in [1.165, 1.54) is 32.2 Å². The molecule has 2 bridgehead atoms. The minimum atomic E-state index is 0.683. The van der Waals surface area contributed by atoms with Crippen LogP contribution in [-0.2, 0) is 0 Å².